The van der Waals surface area contributed by atoms with Crippen LogP contribution in [0, 0.1) is 11.3 Å². The predicted octanol–water partition coefficient (Wildman–Crippen LogP) is 2.88. The maximum atomic E-state index is 5.75. The molecule has 0 unspecified atom stereocenters. The van der Waals surface area contributed by atoms with Gasteiger partial charge in [0.05, 0.1) is 0 Å². The van der Waals surface area contributed by atoms with Gasteiger partial charge in [-0.05, 0) is 13.0 Å². The molecule has 0 spiro atoms. The molecule has 0 aromatic rings. The zero-order chi connectivity index (χ0) is 11.4. The van der Waals surface area contributed by atoms with Crippen molar-refractivity contribution in [1.82, 2.24) is 0 Å². The van der Waals surface area contributed by atoms with Crippen molar-refractivity contribution in [2.24, 2.45) is 22.2 Å². The average Bonchev–Trinajstić information content (AvgIpc) is 2.02. The van der Waals surface area contributed by atoms with Crippen molar-refractivity contribution in [2.45, 2.75) is 41.5 Å². The molecule has 0 heterocycles. The summed E-state index contributed by atoms with van der Waals surface area (Å²) in [5.41, 5.74) is 5.61. The van der Waals surface area contributed by atoms with Gasteiger partial charge in [-0.25, -0.2) is 0 Å². The Kier molecular flexibility index (Phi) is 4.68. The van der Waals surface area contributed by atoms with Crippen LogP contribution in [0.4, 0.5) is 0 Å². The van der Waals surface area contributed by atoms with Crippen molar-refractivity contribution < 1.29 is 4.84 Å². The van der Waals surface area contributed by atoms with E-state index >= 15 is 0 Å². The minimum atomic E-state index is -0.143. The Labute approximate surface area is 87.0 Å². The van der Waals surface area contributed by atoms with Crippen LogP contribution < -0.4 is 5.73 Å². The van der Waals surface area contributed by atoms with Gasteiger partial charge in [0, 0.05) is 11.3 Å². The number of amidine groups is 1. The predicted molar refractivity (Wildman–Crippen MR) is 60.8 cm³/mol. The molecule has 0 bridgehead atoms. The molecule has 0 aromatic heterocycles. The van der Waals surface area contributed by atoms with Crippen LogP contribution in [0.1, 0.15) is 41.5 Å². The Morgan fingerprint density at radius 1 is 1.36 bits per heavy atom. The van der Waals surface area contributed by atoms with Crippen LogP contribution in [0.25, 0.3) is 0 Å². The van der Waals surface area contributed by atoms with E-state index in [-0.39, 0.29) is 5.41 Å². The average molecular weight is 198 g/mol. The third-order valence-electron chi connectivity index (χ3n) is 1.87. The van der Waals surface area contributed by atoms with E-state index in [1.807, 2.05) is 33.8 Å². The second-order valence-corrected chi connectivity index (χ2v) is 4.66. The van der Waals surface area contributed by atoms with Crippen molar-refractivity contribution >= 4 is 5.84 Å². The third kappa shape index (κ3) is 4.30. The van der Waals surface area contributed by atoms with E-state index < -0.39 is 0 Å². The Morgan fingerprint density at radius 2 is 1.86 bits per heavy atom. The van der Waals surface area contributed by atoms with Crippen LogP contribution in [0.3, 0.4) is 0 Å². The summed E-state index contributed by atoms with van der Waals surface area (Å²) >= 11 is 0. The van der Waals surface area contributed by atoms with Crippen LogP contribution in [-0.2, 0) is 4.84 Å². The smallest absolute Gasteiger partial charge is 0.145 e. The molecular weight excluding hydrogens is 176 g/mol. The van der Waals surface area contributed by atoms with Gasteiger partial charge in [0.15, 0.2) is 0 Å². The SMILES string of the molecule is C/C=C(\O/N=C(\N)C(C)(C)C)C(C)C. The first-order valence-electron chi connectivity index (χ1n) is 4.96. The van der Waals surface area contributed by atoms with Crippen molar-refractivity contribution in [3.63, 3.8) is 0 Å². The molecule has 0 fully saturated rings. The fourth-order valence-electron chi connectivity index (χ4n) is 0.730. The van der Waals surface area contributed by atoms with Crippen molar-refractivity contribution in [3.05, 3.63) is 11.8 Å². The second kappa shape index (κ2) is 5.03. The molecule has 3 nitrogen and oxygen atoms in total. The van der Waals surface area contributed by atoms with Gasteiger partial charge in [0.2, 0.25) is 0 Å². The van der Waals surface area contributed by atoms with E-state index in [1.54, 1.807) is 0 Å². The zero-order valence-electron chi connectivity index (χ0n) is 10.1. The molecule has 0 rings (SSSR count). The standard InChI is InChI=1S/C11H22N2O/c1-7-9(8(2)3)14-13-10(12)11(4,5)6/h7-8H,1-6H3,(H2,12,13)/b9-7-. The normalized spacial score (nSPS) is 14.8. The molecule has 0 aliphatic carbocycles. The summed E-state index contributed by atoms with van der Waals surface area (Å²) in [6.45, 7) is 12.0. The molecule has 0 atom stereocenters. The number of allylic oxidation sites excluding steroid dienone is 2. The molecule has 0 saturated heterocycles. The maximum absolute atomic E-state index is 5.75. The zero-order valence-corrected chi connectivity index (χ0v) is 10.1. The molecule has 3 heteroatoms. The number of nitrogens with zero attached hydrogens (tertiary/aromatic N) is 1. The quantitative estimate of drug-likeness (QED) is 0.328. The Morgan fingerprint density at radius 3 is 2.14 bits per heavy atom. The summed E-state index contributed by atoms with van der Waals surface area (Å²) in [6.07, 6.45) is 1.91. The molecule has 2 N–H and O–H groups in total. The minimum Gasteiger partial charge on any atom is -0.384 e. The summed E-state index contributed by atoms with van der Waals surface area (Å²) in [5.74, 6) is 1.69. The van der Waals surface area contributed by atoms with Crippen LogP contribution >= 0.6 is 0 Å². The summed E-state index contributed by atoms with van der Waals surface area (Å²) in [4.78, 5) is 5.27. The van der Waals surface area contributed by atoms with Gasteiger partial charge in [-0.2, -0.15) is 0 Å². The lowest BCUT2D eigenvalue weighted by atomic mass is 9.96. The highest BCUT2D eigenvalue weighted by atomic mass is 16.6. The van der Waals surface area contributed by atoms with Crippen LogP contribution in [-0.4, -0.2) is 5.84 Å². The van der Waals surface area contributed by atoms with Crippen LogP contribution in [0.5, 0.6) is 0 Å². The van der Waals surface area contributed by atoms with E-state index in [0.717, 1.165) is 5.76 Å². The molecule has 0 radical (unpaired) electrons. The van der Waals surface area contributed by atoms with Crippen molar-refractivity contribution in [3.8, 4) is 0 Å². The Hall–Kier alpha value is -0.990. The highest BCUT2D eigenvalue weighted by molar-refractivity contribution is 5.84. The van der Waals surface area contributed by atoms with Gasteiger partial charge >= 0.3 is 0 Å². The lowest BCUT2D eigenvalue weighted by Gasteiger charge is -2.17. The molecule has 0 amide bonds. The Bertz CT molecular complexity index is 234. The van der Waals surface area contributed by atoms with E-state index in [2.05, 4.69) is 19.0 Å². The highest BCUT2D eigenvalue weighted by Gasteiger charge is 2.16. The first-order chi connectivity index (χ1) is 6.29. The number of hydrogen-bond acceptors (Lipinski definition) is 2. The Balaban J connectivity index is 4.43. The molecule has 14 heavy (non-hydrogen) atoms. The number of rotatable bonds is 3. The largest absolute Gasteiger partial charge is 0.384 e. The van der Waals surface area contributed by atoms with Gasteiger partial charge in [0.25, 0.3) is 0 Å². The number of oxime groups is 1. The van der Waals surface area contributed by atoms with Crippen molar-refractivity contribution in [2.75, 3.05) is 0 Å². The summed E-state index contributed by atoms with van der Waals surface area (Å²) in [5, 5.41) is 3.91. The number of nitrogens with two attached hydrogens (primary N) is 1. The fraction of sp³-hybridized carbons (Fsp3) is 0.727. The third-order valence-corrected chi connectivity index (χ3v) is 1.87. The molecular formula is C11H22N2O. The van der Waals surface area contributed by atoms with Gasteiger partial charge in [-0.1, -0.05) is 39.8 Å². The minimum absolute atomic E-state index is 0.143. The number of hydrogen-bond donors (Lipinski definition) is 1. The monoisotopic (exact) mass is 198 g/mol. The first kappa shape index (κ1) is 13.0. The summed E-state index contributed by atoms with van der Waals surface area (Å²) in [6, 6.07) is 0. The molecule has 82 valence electrons. The van der Waals surface area contributed by atoms with Crippen LogP contribution in [0.15, 0.2) is 17.0 Å². The fourth-order valence-corrected chi connectivity index (χ4v) is 0.730. The topological polar surface area (TPSA) is 47.6 Å². The van der Waals surface area contributed by atoms with Crippen molar-refractivity contribution in [1.29, 1.82) is 0 Å². The first-order valence-corrected chi connectivity index (χ1v) is 4.96. The molecule has 0 aliphatic rings. The highest BCUT2D eigenvalue weighted by Crippen LogP contribution is 2.15. The van der Waals surface area contributed by atoms with Gasteiger partial charge in [0.1, 0.15) is 11.6 Å². The van der Waals surface area contributed by atoms with Gasteiger partial charge in [-0.15, -0.1) is 0 Å². The van der Waals surface area contributed by atoms with E-state index in [9.17, 15) is 0 Å². The lowest BCUT2D eigenvalue weighted by molar-refractivity contribution is 0.193. The molecule has 0 saturated carbocycles. The van der Waals surface area contributed by atoms with E-state index in [1.165, 1.54) is 0 Å². The summed E-state index contributed by atoms with van der Waals surface area (Å²) in [7, 11) is 0. The van der Waals surface area contributed by atoms with Gasteiger partial charge < -0.3 is 10.6 Å². The van der Waals surface area contributed by atoms with Crippen LogP contribution in [0.2, 0.25) is 0 Å². The maximum Gasteiger partial charge on any atom is 0.145 e. The second-order valence-electron chi connectivity index (χ2n) is 4.66. The summed E-state index contributed by atoms with van der Waals surface area (Å²) < 4.78 is 0. The lowest BCUT2D eigenvalue weighted by Crippen LogP contribution is -2.29. The van der Waals surface area contributed by atoms with Gasteiger partial charge in [-0.3, -0.25) is 0 Å². The van der Waals surface area contributed by atoms with E-state index in [0.29, 0.717) is 11.8 Å². The molecule has 0 aromatic carbocycles. The van der Waals surface area contributed by atoms with E-state index in [4.69, 9.17) is 10.6 Å². The molecule has 0 aliphatic heterocycles.